The summed E-state index contributed by atoms with van der Waals surface area (Å²) in [5.74, 6) is -0.768. The molecule has 0 atom stereocenters. The molecule has 0 spiro atoms. The molecular weight excluding hydrogens is 278 g/mol. The maximum atomic E-state index is 11.6. The van der Waals surface area contributed by atoms with Crippen LogP contribution in [0.5, 0.6) is 0 Å². The molecule has 2 heterocycles. The first-order valence-electron chi connectivity index (χ1n) is 4.76. The summed E-state index contributed by atoms with van der Waals surface area (Å²) >= 11 is 0.507. The van der Waals surface area contributed by atoms with E-state index in [-0.39, 0.29) is 10.8 Å². The average Bonchev–Trinajstić information content (AvgIpc) is 2.97. The highest BCUT2D eigenvalue weighted by Gasteiger charge is 2.26. The van der Waals surface area contributed by atoms with Crippen LogP contribution in [0.3, 0.4) is 0 Å². The fraction of sp³-hybridized carbons (Fsp3) is 0. The lowest BCUT2D eigenvalue weighted by atomic mass is 10.4. The number of thiophene rings is 1. The van der Waals surface area contributed by atoms with Crippen molar-refractivity contribution in [3.63, 3.8) is 0 Å². The normalized spacial score (nSPS) is 10.1. The molecule has 2 aromatic heterocycles. The summed E-state index contributed by atoms with van der Waals surface area (Å²) in [4.78, 5) is 31.4. The zero-order valence-electron chi connectivity index (χ0n) is 9.06. The van der Waals surface area contributed by atoms with Crippen molar-refractivity contribution in [2.24, 2.45) is 0 Å². The van der Waals surface area contributed by atoms with Gasteiger partial charge in [0.05, 0.1) is 16.1 Å². The van der Waals surface area contributed by atoms with Gasteiger partial charge in [0.25, 0.3) is 5.91 Å². The van der Waals surface area contributed by atoms with Gasteiger partial charge in [0.2, 0.25) is 0 Å². The van der Waals surface area contributed by atoms with Crippen LogP contribution in [0.2, 0.25) is 0 Å². The Labute approximate surface area is 108 Å². The fourth-order valence-corrected chi connectivity index (χ4v) is 2.09. The van der Waals surface area contributed by atoms with Gasteiger partial charge in [-0.15, -0.1) is 0 Å². The van der Waals surface area contributed by atoms with E-state index < -0.39 is 26.4 Å². The number of furan rings is 1. The Bertz CT molecular complexity index is 647. The number of carbonyl (C=O) groups excluding carboxylic acids is 1. The molecule has 0 saturated carbocycles. The van der Waals surface area contributed by atoms with Crippen LogP contribution in [0, 0.1) is 20.2 Å². The number of amides is 1. The Morgan fingerprint density at radius 3 is 2.58 bits per heavy atom. The minimum atomic E-state index is -0.804. The van der Waals surface area contributed by atoms with E-state index in [0.29, 0.717) is 11.3 Å². The summed E-state index contributed by atoms with van der Waals surface area (Å²) < 4.78 is 4.81. The Morgan fingerprint density at radius 1 is 1.32 bits per heavy atom. The molecule has 19 heavy (non-hydrogen) atoms. The smallest absolute Gasteiger partial charge is 0.333 e. The van der Waals surface area contributed by atoms with Gasteiger partial charge < -0.3 is 9.73 Å². The molecule has 10 heteroatoms. The summed E-state index contributed by atoms with van der Waals surface area (Å²) in [6.45, 7) is 0. The van der Waals surface area contributed by atoms with Crippen molar-refractivity contribution >= 4 is 32.9 Å². The number of anilines is 1. The van der Waals surface area contributed by atoms with Crippen LogP contribution in [0.15, 0.2) is 28.9 Å². The molecule has 0 saturated heterocycles. The average molecular weight is 283 g/mol. The molecule has 0 unspecified atom stereocenters. The Morgan fingerprint density at radius 2 is 2.05 bits per heavy atom. The SMILES string of the molecule is O=C(Nc1sc([N+](=O)[O-])cc1[N+](=O)[O-])c1ccco1. The Balaban J connectivity index is 2.31. The number of hydrogen-bond donors (Lipinski definition) is 1. The van der Waals surface area contributed by atoms with Crippen LogP contribution < -0.4 is 5.32 Å². The maximum Gasteiger partial charge on any atom is 0.333 e. The van der Waals surface area contributed by atoms with Crippen molar-refractivity contribution < 1.29 is 19.1 Å². The first-order valence-corrected chi connectivity index (χ1v) is 5.58. The predicted octanol–water partition coefficient (Wildman–Crippen LogP) is 2.41. The van der Waals surface area contributed by atoms with Gasteiger partial charge in [-0.05, 0) is 23.5 Å². The van der Waals surface area contributed by atoms with Crippen LogP contribution >= 0.6 is 11.3 Å². The van der Waals surface area contributed by atoms with E-state index in [1.807, 2.05) is 0 Å². The summed E-state index contributed by atoms with van der Waals surface area (Å²) in [6.07, 6.45) is 1.26. The summed E-state index contributed by atoms with van der Waals surface area (Å²) in [5, 5.41) is 22.9. The van der Waals surface area contributed by atoms with Crippen molar-refractivity contribution in [3.05, 3.63) is 50.5 Å². The first-order chi connectivity index (χ1) is 8.99. The lowest BCUT2D eigenvalue weighted by Crippen LogP contribution is -2.10. The van der Waals surface area contributed by atoms with Gasteiger partial charge in [0, 0.05) is 0 Å². The van der Waals surface area contributed by atoms with Crippen LogP contribution in [-0.4, -0.2) is 15.8 Å². The van der Waals surface area contributed by atoms with Gasteiger partial charge in [-0.25, -0.2) is 0 Å². The van der Waals surface area contributed by atoms with Gasteiger partial charge in [-0.2, -0.15) is 0 Å². The van der Waals surface area contributed by atoms with E-state index >= 15 is 0 Å². The molecule has 9 nitrogen and oxygen atoms in total. The third-order valence-electron chi connectivity index (χ3n) is 2.05. The summed E-state index contributed by atoms with van der Waals surface area (Å²) in [5.41, 5.74) is -0.531. The molecular formula is C9H5N3O6S. The maximum absolute atomic E-state index is 11.6. The fourth-order valence-electron chi connectivity index (χ4n) is 1.26. The van der Waals surface area contributed by atoms with Crippen LogP contribution in [0.25, 0.3) is 0 Å². The number of rotatable bonds is 4. The zero-order valence-corrected chi connectivity index (χ0v) is 9.88. The molecule has 0 aliphatic heterocycles. The minimum Gasteiger partial charge on any atom is -0.459 e. The monoisotopic (exact) mass is 283 g/mol. The third kappa shape index (κ3) is 2.57. The molecule has 0 aliphatic carbocycles. The van der Waals surface area contributed by atoms with Crippen molar-refractivity contribution in [2.75, 3.05) is 5.32 Å². The Kier molecular flexibility index (Phi) is 3.25. The van der Waals surface area contributed by atoms with Gasteiger partial charge >= 0.3 is 10.7 Å². The highest BCUT2D eigenvalue weighted by atomic mass is 32.1. The topological polar surface area (TPSA) is 129 Å². The van der Waals surface area contributed by atoms with E-state index in [2.05, 4.69) is 5.32 Å². The van der Waals surface area contributed by atoms with E-state index in [1.165, 1.54) is 18.4 Å². The zero-order chi connectivity index (χ0) is 14.0. The van der Waals surface area contributed by atoms with Crippen molar-refractivity contribution in [2.45, 2.75) is 0 Å². The second-order valence-electron chi connectivity index (χ2n) is 3.24. The standard InChI is InChI=1S/C9H5N3O6S/c13-8(6-2-1-3-18-6)10-9-5(11(14)15)4-7(19-9)12(16)17/h1-4H,(H,10,13). The summed E-state index contributed by atoms with van der Waals surface area (Å²) in [6, 6.07) is 3.63. The van der Waals surface area contributed by atoms with Crippen LogP contribution in [0.1, 0.15) is 10.6 Å². The highest BCUT2D eigenvalue weighted by molar-refractivity contribution is 7.20. The third-order valence-corrected chi connectivity index (χ3v) is 3.04. The van der Waals surface area contributed by atoms with E-state index in [4.69, 9.17) is 4.42 Å². The number of carbonyl (C=O) groups is 1. The molecule has 2 rings (SSSR count). The van der Waals surface area contributed by atoms with Crippen molar-refractivity contribution in [3.8, 4) is 0 Å². The molecule has 1 N–H and O–H groups in total. The van der Waals surface area contributed by atoms with E-state index in [0.717, 1.165) is 6.07 Å². The van der Waals surface area contributed by atoms with Crippen LogP contribution in [0.4, 0.5) is 15.7 Å². The number of nitro groups is 2. The lowest BCUT2D eigenvalue weighted by molar-refractivity contribution is -0.389. The minimum absolute atomic E-state index is 0.0506. The molecule has 1 amide bonds. The van der Waals surface area contributed by atoms with Gasteiger partial charge in [-0.1, -0.05) is 0 Å². The Hall–Kier alpha value is -2.75. The second kappa shape index (κ2) is 4.86. The molecule has 2 aromatic rings. The predicted molar refractivity (Wildman–Crippen MR) is 64.3 cm³/mol. The largest absolute Gasteiger partial charge is 0.459 e. The van der Waals surface area contributed by atoms with E-state index in [1.54, 1.807) is 0 Å². The van der Waals surface area contributed by atoms with Crippen LogP contribution in [-0.2, 0) is 0 Å². The number of nitrogens with zero attached hydrogens (tertiary/aromatic N) is 2. The molecule has 98 valence electrons. The molecule has 0 bridgehead atoms. The molecule has 0 aromatic carbocycles. The number of hydrogen-bond acceptors (Lipinski definition) is 7. The molecule has 0 radical (unpaired) electrons. The van der Waals surface area contributed by atoms with Gasteiger partial charge in [-0.3, -0.25) is 25.0 Å². The van der Waals surface area contributed by atoms with Crippen molar-refractivity contribution in [1.29, 1.82) is 0 Å². The first kappa shape index (κ1) is 12.7. The highest BCUT2D eigenvalue weighted by Crippen LogP contribution is 2.39. The van der Waals surface area contributed by atoms with Gasteiger partial charge in [0.1, 0.15) is 6.07 Å². The second-order valence-corrected chi connectivity index (χ2v) is 4.28. The quantitative estimate of drug-likeness (QED) is 0.677. The lowest BCUT2D eigenvalue weighted by Gasteiger charge is -1.98. The van der Waals surface area contributed by atoms with Crippen molar-refractivity contribution in [1.82, 2.24) is 0 Å². The molecule has 0 aliphatic rings. The molecule has 0 fully saturated rings. The summed E-state index contributed by atoms with van der Waals surface area (Å²) in [7, 11) is 0. The number of nitrogens with one attached hydrogen (secondary N) is 1. The van der Waals surface area contributed by atoms with E-state index in [9.17, 15) is 25.0 Å². The van der Waals surface area contributed by atoms with Gasteiger partial charge in [0.15, 0.2) is 10.8 Å².